The highest BCUT2D eigenvalue weighted by Gasteiger charge is 2.18. The van der Waals surface area contributed by atoms with Crippen LogP contribution in [0.25, 0.3) is 5.65 Å². The second-order valence-corrected chi connectivity index (χ2v) is 6.34. The summed E-state index contributed by atoms with van der Waals surface area (Å²) in [6.45, 7) is 5.07. The highest BCUT2D eigenvalue weighted by Crippen LogP contribution is 2.13. The quantitative estimate of drug-likeness (QED) is 0.780. The van der Waals surface area contributed by atoms with Crippen molar-refractivity contribution in [3.8, 4) is 0 Å². The maximum atomic E-state index is 12.4. The molecule has 1 amide bonds. The lowest BCUT2D eigenvalue weighted by Crippen LogP contribution is -2.40. The van der Waals surface area contributed by atoms with Crippen LogP contribution in [0, 0.1) is 6.92 Å². The van der Waals surface area contributed by atoms with Gasteiger partial charge in [-0.05, 0) is 30.7 Å². The molecule has 0 saturated carbocycles. The minimum absolute atomic E-state index is 0.00294. The molecule has 1 saturated heterocycles. The summed E-state index contributed by atoms with van der Waals surface area (Å²) in [6, 6.07) is 7.69. The monoisotopic (exact) mass is 351 g/mol. The van der Waals surface area contributed by atoms with Crippen LogP contribution >= 0.6 is 0 Å². The van der Waals surface area contributed by atoms with E-state index >= 15 is 0 Å². The van der Waals surface area contributed by atoms with Crippen LogP contribution in [0.3, 0.4) is 0 Å². The summed E-state index contributed by atoms with van der Waals surface area (Å²) in [6.07, 6.45) is 5.61. The van der Waals surface area contributed by atoms with Crippen molar-refractivity contribution in [1.82, 2.24) is 19.3 Å². The van der Waals surface area contributed by atoms with E-state index in [1.54, 1.807) is 17.2 Å². The number of pyridine rings is 2. The third-order valence-electron chi connectivity index (χ3n) is 4.49. The molecule has 0 aliphatic carbocycles. The summed E-state index contributed by atoms with van der Waals surface area (Å²) in [5.74, 6) is 0.723. The molecule has 3 aromatic heterocycles. The van der Waals surface area contributed by atoms with Gasteiger partial charge in [-0.1, -0.05) is 6.07 Å². The number of rotatable bonds is 4. The second kappa shape index (κ2) is 7.13. The molecular formula is C19H21N5O2. The Morgan fingerprint density at radius 1 is 1.27 bits per heavy atom. The molecule has 7 nitrogen and oxygen atoms in total. The van der Waals surface area contributed by atoms with Crippen molar-refractivity contribution in [2.45, 2.75) is 13.5 Å². The van der Waals surface area contributed by atoms with Crippen LogP contribution in [0.4, 0.5) is 5.82 Å². The van der Waals surface area contributed by atoms with Gasteiger partial charge in [0.1, 0.15) is 11.5 Å². The molecule has 0 aromatic carbocycles. The van der Waals surface area contributed by atoms with Gasteiger partial charge in [0, 0.05) is 31.7 Å². The normalized spacial score (nSPS) is 14.6. The summed E-state index contributed by atoms with van der Waals surface area (Å²) in [4.78, 5) is 23.2. The molecular weight excluding hydrogens is 330 g/mol. The summed E-state index contributed by atoms with van der Waals surface area (Å²) in [5, 5.41) is 3.26. The summed E-state index contributed by atoms with van der Waals surface area (Å²) in [5.41, 5.74) is 3.64. The van der Waals surface area contributed by atoms with Crippen molar-refractivity contribution >= 4 is 17.4 Å². The van der Waals surface area contributed by atoms with Crippen molar-refractivity contribution in [1.29, 1.82) is 0 Å². The van der Waals surface area contributed by atoms with Crippen LogP contribution < -0.4 is 5.32 Å². The van der Waals surface area contributed by atoms with Crippen molar-refractivity contribution in [3.05, 3.63) is 59.7 Å². The third kappa shape index (κ3) is 3.39. The molecule has 3 aromatic rings. The number of morpholine rings is 1. The van der Waals surface area contributed by atoms with Gasteiger partial charge in [-0.15, -0.1) is 0 Å². The number of carbonyl (C=O) groups is 1. The molecule has 0 unspecified atom stereocenters. The van der Waals surface area contributed by atoms with Crippen LogP contribution in [0.15, 0.2) is 42.9 Å². The van der Waals surface area contributed by atoms with Gasteiger partial charge in [-0.25, -0.2) is 9.97 Å². The van der Waals surface area contributed by atoms with Crippen molar-refractivity contribution in [2.75, 3.05) is 31.6 Å². The van der Waals surface area contributed by atoms with Gasteiger partial charge in [0.05, 0.1) is 31.0 Å². The van der Waals surface area contributed by atoms with E-state index in [1.165, 1.54) is 0 Å². The van der Waals surface area contributed by atoms with E-state index in [2.05, 4.69) is 15.3 Å². The smallest absolute Gasteiger partial charge is 0.255 e. The molecule has 0 spiro atoms. The van der Waals surface area contributed by atoms with Gasteiger partial charge in [0.2, 0.25) is 0 Å². The third-order valence-corrected chi connectivity index (χ3v) is 4.49. The second-order valence-electron chi connectivity index (χ2n) is 6.34. The van der Waals surface area contributed by atoms with Gasteiger partial charge >= 0.3 is 0 Å². The van der Waals surface area contributed by atoms with Crippen molar-refractivity contribution in [2.24, 2.45) is 0 Å². The molecule has 4 rings (SSSR count). The summed E-state index contributed by atoms with van der Waals surface area (Å²) >= 11 is 0. The average Bonchev–Trinajstić information content (AvgIpc) is 3.11. The summed E-state index contributed by atoms with van der Waals surface area (Å²) < 4.78 is 7.30. The standard InChI is InChI=1S/C19H21N5O2/c1-14-3-2-6-24-13-16(22-18(14)24)12-21-17-5-4-15(11-20-17)19(25)23-7-9-26-10-8-23/h2-6,11,13H,7-10,12H2,1H3,(H,20,21). The van der Waals surface area contributed by atoms with Gasteiger partial charge in [0.25, 0.3) is 5.91 Å². The number of hydrogen-bond donors (Lipinski definition) is 1. The highest BCUT2D eigenvalue weighted by atomic mass is 16.5. The molecule has 1 N–H and O–H groups in total. The number of aromatic nitrogens is 3. The number of carbonyl (C=O) groups excluding carboxylic acids is 1. The van der Waals surface area contributed by atoms with E-state index < -0.39 is 0 Å². The molecule has 1 fully saturated rings. The number of nitrogens with one attached hydrogen (secondary N) is 1. The Balaban J connectivity index is 1.40. The number of nitrogens with zero attached hydrogens (tertiary/aromatic N) is 4. The maximum Gasteiger partial charge on any atom is 0.255 e. The minimum Gasteiger partial charge on any atom is -0.378 e. The molecule has 134 valence electrons. The van der Waals surface area contributed by atoms with Gasteiger partial charge < -0.3 is 19.4 Å². The zero-order chi connectivity index (χ0) is 17.9. The first-order valence-electron chi connectivity index (χ1n) is 8.71. The number of imidazole rings is 1. The lowest BCUT2D eigenvalue weighted by Gasteiger charge is -2.26. The molecule has 0 bridgehead atoms. The van der Waals surface area contributed by atoms with Crippen molar-refractivity contribution < 1.29 is 9.53 Å². The summed E-state index contributed by atoms with van der Waals surface area (Å²) in [7, 11) is 0. The Morgan fingerprint density at radius 2 is 2.12 bits per heavy atom. The topological polar surface area (TPSA) is 71.8 Å². The number of hydrogen-bond acceptors (Lipinski definition) is 5. The van der Waals surface area contributed by atoms with E-state index in [0.717, 1.165) is 22.7 Å². The number of fused-ring (bicyclic) bond motifs is 1. The lowest BCUT2D eigenvalue weighted by atomic mass is 10.2. The largest absolute Gasteiger partial charge is 0.378 e. The first kappa shape index (κ1) is 16.5. The van der Waals surface area contributed by atoms with Gasteiger partial charge in [0.15, 0.2) is 0 Å². The molecule has 4 heterocycles. The SMILES string of the molecule is Cc1cccn2cc(CNc3ccc(C(=O)N4CCOCC4)cn3)nc12. The van der Waals surface area contributed by atoms with E-state index in [9.17, 15) is 4.79 Å². The maximum absolute atomic E-state index is 12.4. The van der Waals surface area contributed by atoms with Crippen molar-refractivity contribution in [3.63, 3.8) is 0 Å². The Hall–Kier alpha value is -2.93. The Labute approximate surface area is 151 Å². The number of aryl methyl sites for hydroxylation is 1. The number of amides is 1. The fourth-order valence-corrected chi connectivity index (χ4v) is 3.04. The van der Waals surface area contributed by atoms with E-state index in [4.69, 9.17) is 4.74 Å². The Kier molecular flexibility index (Phi) is 4.53. The fourth-order valence-electron chi connectivity index (χ4n) is 3.04. The molecule has 26 heavy (non-hydrogen) atoms. The van der Waals surface area contributed by atoms with Crippen LogP contribution in [-0.2, 0) is 11.3 Å². The zero-order valence-electron chi connectivity index (χ0n) is 14.7. The zero-order valence-corrected chi connectivity index (χ0v) is 14.7. The molecule has 1 aliphatic rings. The average molecular weight is 351 g/mol. The first-order valence-corrected chi connectivity index (χ1v) is 8.71. The molecule has 0 atom stereocenters. The first-order chi connectivity index (χ1) is 12.7. The van der Waals surface area contributed by atoms with Crippen LogP contribution in [0.5, 0.6) is 0 Å². The van der Waals surface area contributed by atoms with Gasteiger partial charge in [-0.2, -0.15) is 0 Å². The van der Waals surface area contributed by atoms with Crippen LogP contribution in [-0.4, -0.2) is 51.5 Å². The predicted octanol–water partition coefficient (Wildman–Crippen LogP) is 2.12. The fraction of sp³-hybridized carbons (Fsp3) is 0.316. The number of ether oxygens (including phenoxy) is 1. The lowest BCUT2D eigenvalue weighted by molar-refractivity contribution is 0.0302. The molecule has 1 aliphatic heterocycles. The Morgan fingerprint density at radius 3 is 2.85 bits per heavy atom. The molecule has 0 radical (unpaired) electrons. The predicted molar refractivity (Wildman–Crippen MR) is 98.2 cm³/mol. The van der Waals surface area contributed by atoms with Crippen LogP contribution in [0.1, 0.15) is 21.6 Å². The highest BCUT2D eigenvalue weighted by molar-refractivity contribution is 5.94. The number of anilines is 1. The van der Waals surface area contributed by atoms with Crippen LogP contribution in [0.2, 0.25) is 0 Å². The molecule has 7 heteroatoms. The van der Waals surface area contributed by atoms with E-state index in [0.29, 0.717) is 38.4 Å². The van der Waals surface area contributed by atoms with E-state index in [-0.39, 0.29) is 5.91 Å². The van der Waals surface area contributed by atoms with Gasteiger partial charge in [-0.3, -0.25) is 4.79 Å². The Bertz CT molecular complexity index is 913. The van der Waals surface area contributed by atoms with E-state index in [1.807, 2.05) is 41.9 Å². The minimum atomic E-state index is 0.00294.